The van der Waals surface area contributed by atoms with Crippen molar-refractivity contribution in [3.8, 4) is 11.5 Å². The Morgan fingerprint density at radius 1 is 1.41 bits per heavy atom. The van der Waals surface area contributed by atoms with Crippen LogP contribution in [0.2, 0.25) is 5.02 Å². The van der Waals surface area contributed by atoms with Gasteiger partial charge in [-0.25, -0.2) is 4.39 Å². The van der Waals surface area contributed by atoms with Crippen LogP contribution in [0.3, 0.4) is 0 Å². The molecule has 1 aliphatic rings. The summed E-state index contributed by atoms with van der Waals surface area (Å²) in [4.78, 5) is 14.3. The van der Waals surface area contributed by atoms with Gasteiger partial charge in [-0.3, -0.25) is 4.79 Å². The van der Waals surface area contributed by atoms with Gasteiger partial charge in [-0.05, 0) is 45.9 Å². The van der Waals surface area contributed by atoms with Gasteiger partial charge in [0.2, 0.25) is 5.91 Å². The van der Waals surface area contributed by atoms with Crippen molar-refractivity contribution < 1.29 is 18.3 Å². The molecule has 0 spiro atoms. The molecule has 1 aromatic carbocycles. The molecule has 0 saturated carbocycles. The zero-order valence-corrected chi connectivity index (χ0v) is 16.3. The fourth-order valence-electron chi connectivity index (χ4n) is 2.92. The third kappa shape index (κ3) is 4.22. The lowest BCUT2D eigenvalue weighted by atomic mass is 9.99. The van der Waals surface area contributed by atoms with Crippen LogP contribution in [0.4, 0.5) is 10.4 Å². The molecule has 3 atom stereocenters. The predicted molar refractivity (Wildman–Crippen MR) is 99.0 cm³/mol. The van der Waals surface area contributed by atoms with Crippen LogP contribution < -0.4 is 5.32 Å². The highest BCUT2D eigenvalue weighted by molar-refractivity contribution is 6.30. The zero-order valence-electron chi connectivity index (χ0n) is 15.6. The van der Waals surface area contributed by atoms with Crippen molar-refractivity contribution in [2.45, 2.75) is 52.0 Å². The Balaban J connectivity index is 1.61. The molecule has 1 aromatic heterocycles. The molecular weight excluding hydrogens is 375 g/mol. The number of nitrogens with zero attached hydrogens (tertiary/aromatic N) is 3. The van der Waals surface area contributed by atoms with E-state index in [1.807, 2.05) is 20.8 Å². The first-order valence-electron chi connectivity index (χ1n) is 8.77. The van der Waals surface area contributed by atoms with Gasteiger partial charge in [0.15, 0.2) is 0 Å². The van der Waals surface area contributed by atoms with Gasteiger partial charge in [-0.1, -0.05) is 16.7 Å². The van der Waals surface area contributed by atoms with Gasteiger partial charge in [0.25, 0.3) is 5.89 Å². The van der Waals surface area contributed by atoms with E-state index in [1.165, 1.54) is 18.2 Å². The number of carbonyl (C=O) groups is 1. The van der Waals surface area contributed by atoms with E-state index in [0.717, 1.165) is 0 Å². The van der Waals surface area contributed by atoms with E-state index >= 15 is 0 Å². The second kappa shape index (κ2) is 7.82. The Hall–Kier alpha value is -2.19. The molecule has 0 aliphatic carbocycles. The Bertz CT molecular complexity index is 829. The molecule has 1 aliphatic heterocycles. The summed E-state index contributed by atoms with van der Waals surface area (Å²) < 4.78 is 25.1. The molecule has 1 N–H and O–H groups in total. The number of nitrogens with one attached hydrogen (secondary N) is 1. The minimum Gasteiger partial charge on any atom is -0.403 e. The van der Waals surface area contributed by atoms with Crippen LogP contribution in [0.5, 0.6) is 0 Å². The third-order valence-electron chi connectivity index (χ3n) is 4.43. The monoisotopic (exact) mass is 396 g/mol. The number of carbonyl (C=O) groups excluding carboxylic acids is 1. The number of anilines is 1. The fraction of sp³-hybridized carbons (Fsp3) is 0.500. The summed E-state index contributed by atoms with van der Waals surface area (Å²) in [7, 11) is 0. The standard InChI is InChI=1S/C18H22ClFN4O3/c1-9(2)26-15-8-24(11(15)4)17(25)10(3)21-18-23-22-16(27-18)13-6-5-12(19)7-14(13)20/h5-7,9-11,15H,8H2,1-4H3,(H,21,23)/t10-,11+,15+/m1/s1. The van der Waals surface area contributed by atoms with Gasteiger partial charge >= 0.3 is 6.01 Å². The number of halogens is 2. The van der Waals surface area contributed by atoms with Crippen LogP contribution in [0, 0.1) is 5.82 Å². The summed E-state index contributed by atoms with van der Waals surface area (Å²) >= 11 is 5.74. The molecule has 7 nitrogen and oxygen atoms in total. The average Bonchev–Trinajstić information content (AvgIpc) is 3.05. The van der Waals surface area contributed by atoms with Crippen LogP contribution in [-0.4, -0.2) is 51.8 Å². The second-order valence-electron chi connectivity index (χ2n) is 6.86. The van der Waals surface area contributed by atoms with Crippen molar-refractivity contribution in [2.24, 2.45) is 0 Å². The van der Waals surface area contributed by atoms with Crippen molar-refractivity contribution >= 4 is 23.5 Å². The number of amides is 1. The molecule has 146 valence electrons. The maximum atomic E-state index is 14.0. The van der Waals surface area contributed by atoms with Crippen LogP contribution in [0.25, 0.3) is 11.5 Å². The first-order valence-corrected chi connectivity index (χ1v) is 9.15. The number of likely N-dealkylation sites (tertiary alicyclic amines) is 1. The topological polar surface area (TPSA) is 80.5 Å². The predicted octanol–water partition coefficient (Wildman–Crippen LogP) is 3.35. The van der Waals surface area contributed by atoms with E-state index in [9.17, 15) is 9.18 Å². The molecule has 0 radical (unpaired) electrons. The summed E-state index contributed by atoms with van der Waals surface area (Å²) in [6, 6.07) is 3.64. The van der Waals surface area contributed by atoms with Crippen LogP contribution in [0.15, 0.2) is 22.6 Å². The molecular formula is C18H22ClFN4O3. The Morgan fingerprint density at radius 3 is 2.78 bits per heavy atom. The number of rotatable bonds is 6. The highest BCUT2D eigenvalue weighted by Gasteiger charge is 2.41. The molecule has 0 unspecified atom stereocenters. The molecule has 2 heterocycles. The molecule has 1 saturated heterocycles. The lowest BCUT2D eigenvalue weighted by molar-refractivity contribution is -0.160. The number of aromatic nitrogens is 2. The van der Waals surface area contributed by atoms with Gasteiger partial charge in [-0.15, -0.1) is 5.10 Å². The van der Waals surface area contributed by atoms with Gasteiger partial charge in [0.1, 0.15) is 11.9 Å². The Kier molecular flexibility index (Phi) is 5.67. The van der Waals surface area contributed by atoms with Crippen LogP contribution >= 0.6 is 11.6 Å². The molecule has 1 fully saturated rings. The molecule has 27 heavy (non-hydrogen) atoms. The minimum absolute atomic E-state index is 0.00515. The minimum atomic E-state index is -0.573. The van der Waals surface area contributed by atoms with Crippen molar-refractivity contribution in [3.05, 3.63) is 29.0 Å². The van der Waals surface area contributed by atoms with E-state index in [2.05, 4.69) is 15.5 Å². The average molecular weight is 397 g/mol. The Morgan fingerprint density at radius 2 is 2.15 bits per heavy atom. The molecule has 9 heteroatoms. The Labute approximate surface area is 161 Å². The van der Waals surface area contributed by atoms with E-state index < -0.39 is 11.9 Å². The summed E-state index contributed by atoms with van der Waals surface area (Å²) in [5, 5.41) is 10.8. The van der Waals surface area contributed by atoms with E-state index in [1.54, 1.807) is 11.8 Å². The second-order valence-corrected chi connectivity index (χ2v) is 7.29. The first-order chi connectivity index (χ1) is 12.8. The van der Waals surface area contributed by atoms with Gasteiger partial charge in [0.05, 0.1) is 23.8 Å². The van der Waals surface area contributed by atoms with Crippen molar-refractivity contribution in [1.82, 2.24) is 15.1 Å². The zero-order chi connectivity index (χ0) is 19.7. The number of hydrogen-bond acceptors (Lipinski definition) is 6. The highest BCUT2D eigenvalue weighted by atomic mass is 35.5. The normalized spacial score (nSPS) is 20.5. The van der Waals surface area contributed by atoms with Crippen molar-refractivity contribution in [1.29, 1.82) is 0 Å². The molecule has 1 amide bonds. The SMILES string of the molecule is CC(C)O[C@H]1CN(C(=O)[C@@H](C)Nc2nnc(-c3ccc(Cl)cc3F)o2)[C@H]1C. The van der Waals surface area contributed by atoms with Crippen LogP contribution in [-0.2, 0) is 9.53 Å². The summed E-state index contributed by atoms with van der Waals surface area (Å²) in [6.07, 6.45) is 0.166. The van der Waals surface area contributed by atoms with Crippen LogP contribution in [0.1, 0.15) is 27.7 Å². The lowest BCUT2D eigenvalue weighted by Crippen LogP contribution is -2.64. The number of benzene rings is 1. The smallest absolute Gasteiger partial charge is 0.316 e. The van der Waals surface area contributed by atoms with Gasteiger partial charge < -0.3 is 19.4 Å². The number of hydrogen-bond donors (Lipinski definition) is 1. The highest BCUT2D eigenvalue weighted by Crippen LogP contribution is 2.26. The first kappa shape index (κ1) is 19.6. The largest absolute Gasteiger partial charge is 0.403 e. The summed E-state index contributed by atoms with van der Waals surface area (Å²) in [6.45, 7) is 8.15. The van der Waals surface area contributed by atoms with Crippen molar-refractivity contribution in [2.75, 3.05) is 11.9 Å². The van der Waals surface area contributed by atoms with Crippen molar-refractivity contribution in [3.63, 3.8) is 0 Å². The van der Waals surface area contributed by atoms with Gasteiger partial charge in [0, 0.05) is 11.6 Å². The van der Waals surface area contributed by atoms with E-state index in [4.69, 9.17) is 20.8 Å². The van der Waals surface area contributed by atoms with E-state index in [-0.39, 0.29) is 46.6 Å². The van der Waals surface area contributed by atoms with E-state index in [0.29, 0.717) is 6.54 Å². The quantitative estimate of drug-likeness (QED) is 0.806. The molecule has 2 aromatic rings. The van der Waals surface area contributed by atoms with Gasteiger partial charge in [-0.2, -0.15) is 0 Å². The summed E-state index contributed by atoms with van der Waals surface area (Å²) in [5.41, 5.74) is 0.143. The molecule has 3 rings (SSSR count). The number of ether oxygens (including phenoxy) is 1. The maximum Gasteiger partial charge on any atom is 0.316 e. The maximum absolute atomic E-state index is 14.0. The third-order valence-corrected chi connectivity index (χ3v) is 4.67. The lowest BCUT2D eigenvalue weighted by Gasteiger charge is -2.47. The fourth-order valence-corrected chi connectivity index (χ4v) is 3.08. The molecule has 0 bridgehead atoms. The summed E-state index contributed by atoms with van der Waals surface area (Å²) in [5.74, 6) is -0.648.